The van der Waals surface area contributed by atoms with Gasteiger partial charge < -0.3 is 15.2 Å². The zero-order valence-corrected chi connectivity index (χ0v) is 10.6. The lowest BCUT2D eigenvalue weighted by Gasteiger charge is -2.31. The van der Waals surface area contributed by atoms with Gasteiger partial charge in [0.15, 0.2) is 5.69 Å². The van der Waals surface area contributed by atoms with E-state index in [0.717, 1.165) is 12.8 Å². The van der Waals surface area contributed by atoms with Gasteiger partial charge in [-0.25, -0.2) is 9.78 Å². The van der Waals surface area contributed by atoms with Gasteiger partial charge in [0, 0.05) is 12.8 Å². The minimum atomic E-state index is -0.423. The van der Waals surface area contributed by atoms with Gasteiger partial charge in [0.2, 0.25) is 0 Å². The highest BCUT2D eigenvalue weighted by Gasteiger charge is 2.27. The van der Waals surface area contributed by atoms with E-state index >= 15 is 0 Å². The molecule has 0 radical (unpaired) electrons. The molecular formula is C13H18N2O3. The summed E-state index contributed by atoms with van der Waals surface area (Å²) in [6, 6.07) is 4.93. The molecule has 2 N–H and O–H groups in total. The lowest BCUT2D eigenvalue weighted by atomic mass is 10.0. The topological polar surface area (TPSA) is 74.4 Å². The first kappa shape index (κ1) is 12.8. The fourth-order valence-electron chi connectivity index (χ4n) is 2.22. The number of nitrogens with two attached hydrogens (primary N) is 1. The van der Waals surface area contributed by atoms with Crippen LogP contribution < -0.4 is 5.73 Å². The number of rotatable bonds is 2. The molecule has 0 spiro atoms. The van der Waals surface area contributed by atoms with Crippen LogP contribution in [-0.2, 0) is 9.47 Å². The van der Waals surface area contributed by atoms with E-state index in [9.17, 15) is 4.79 Å². The largest absolute Gasteiger partial charge is 0.457 e. The molecule has 1 fully saturated rings. The van der Waals surface area contributed by atoms with Crippen LogP contribution in [-0.4, -0.2) is 29.3 Å². The van der Waals surface area contributed by atoms with Crippen molar-refractivity contribution in [3.05, 3.63) is 23.9 Å². The quantitative estimate of drug-likeness (QED) is 0.810. The van der Waals surface area contributed by atoms with Crippen LogP contribution in [0.2, 0.25) is 0 Å². The molecule has 2 atom stereocenters. The summed E-state index contributed by atoms with van der Waals surface area (Å²) in [7, 11) is 0. The van der Waals surface area contributed by atoms with E-state index in [1.807, 2.05) is 13.8 Å². The second-order valence-corrected chi connectivity index (χ2v) is 4.70. The van der Waals surface area contributed by atoms with Gasteiger partial charge in [-0.05, 0) is 26.0 Å². The number of carbonyl (C=O) groups is 1. The summed E-state index contributed by atoms with van der Waals surface area (Å²) in [5, 5.41) is 0. The maximum atomic E-state index is 11.9. The molecule has 0 bridgehead atoms. The molecule has 0 amide bonds. The number of hydrogen-bond acceptors (Lipinski definition) is 5. The van der Waals surface area contributed by atoms with Gasteiger partial charge in [-0.2, -0.15) is 0 Å². The van der Waals surface area contributed by atoms with E-state index in [4.69, 9.17) is 15.2 Å². The molecule has 0 aromatic carbocycles. The number of anilines is 1. The first-order valence-electron chi connectivity index (χ1n) is 6.13. The van der Waals surface area contributed by atoms with Gasteiger partial charge in [-0.15, -0.1) is 0 Å². The van der Waals surface area contributed by atoms with Crippen molar-refractivity contribution in [2.24, 2.45) is 0 Å². The summed E-state index contributed by atoms with van der Waals surface area (Å²) in [5.74, 6) is -0.105. The maximum absolute atomic E-state index is 11.9. The molecule has 1 aromatic heterocycles. The summed E-state index contributed by atoms with van der Waals surface area (Å²) in [6.45, 7) is 3.96. The molecule has 18 heavy (non-hydrogen) atoms. The number of esters is 1. The van der Waals surface area contributed by atoms with E-state index < -0.39 is 5.97 Å². The molecule has 5 heteroatoms. The van der Waals surface area contributed by atoms with Crippen LogP contribution in [0.3, 0.4) is 0 Å². The third kappa shape index (κ3) is 3.20. The van der Waals surface area contributed by atoms with Gasteiger partial charge in [-0.1, -0.05) is 6.07 Å². The number of pyridine rings is 1. The van der Waals surface area contributed by atoms with Crippen molar-refractivity contribution < 1.29 is 14.3 Å². The highest BCUT2D eigenvalue weighted by atomic mass is 16.6. The van der Waals surface area contributed by atoms with Crippen molar-refractivity contribution >= 4 is 11.8 Å². The van der Waals surface area contributed by atoms with Crippen LogP contribution in [0, 0.1) is 0 Å². The highest BCUT2D eigenvalue weighted by molar-refractivity contribution is 5.87. The predicted octanol–water partition coefficient (Wildman–Crippen LogP) is 1.78. The molecule has 1 saturated heterocycles. The molecule has 1 aliphatic rings. The molecule has 1 aliphatic heterocycles. The Morgan fingerprint density at radius 2 is 2.06 bits per heavy atom. The van der Waals surface area contributed by atoms with E-state index in [0.29, 0.717) is 5.82 Å². The monoisotopic (exact) mass is 250 g/mol. The van der Waals surface area contributed by atoms with Crippen molar-refractivity contribution in [1.29, 1.82) is 0 Å². The number of ether oxygens (including phenoxy) is 2. The van der Waals surface area contributed by atoms with Crippen LogP contribution in [0.1, 0.15) is 37.2 Å². The number of nitrogens with zero attached hydrogens (tertiary/aromatic N) is 1. The number of hydrogen-bond donors (Lipinski definition) is 1. The van der Waals surface area contributed by atoms with E-state index in [1.165, 1.54) is 0 Å². The fourth-order valence-corrected chi connectivity index (χ4v) is 2.22. The van der Waals surface area contributed by atoms with Crippen LogP contribution >= 0.6 is 0 Å². The second kappa shape index (κ2) is 5.35. The Labute approximate surface area is 106 Å². The van der Waals surface area contributed by atoms with Crippen molar-refractivity contribution in [1.82, 2.24) is 4.98 Å². The molecule has 0 aliphatic carbocycles. The Balaban J connectivity index is 1.99. The van der Waals surface area contributed by atoms with Crippen LogP contribution in [0.4, 0.5) is 5.82 Å². The summed E-state index contributed by atoms with van der Waals surface area (Å²) in [6.07, 6.45) is 1.55. The number of carbonyl (C=O) groups excluding carboxylic acids is 1. The van der Waals surface area contributed by atoms with Gasteiger partial charge in [0.25, 0.3) is 0 Å². The number of nitrogen functional groups attached to an aromatic ring is 1. The number of aromatic nitrogens is 1. The lowest BCUT2D eigenvalue weighted by molar-refractivity contribution is -0.0856. The van der Waals surface area contributed by atoms with Gasteiger partial charge in [0.05, 0.1) is 12.2 Å². The van der Waals surface area contributed by atoms with Crippen LogP contribution in [0.5, 0.6) is 0 Å². The van der Waals surface area contributed by atoms with Gasteiger partial charge >= 0.3 is 5.97 Å². The third-order valence-electron chi connectivity index (χ3n) is 2.91. The van der Waals surface area contributed by atoms with Crippen LogP contribution in [0.25, 0.3) is 0 Å². The molecule has 1 aromatic rings. The Morgan fingerprint density at radius 3 is 2.67 bits per heavy atom. The minimum absolute atomic E-state index is 0.111. The van der Waals surface area contributed by atoms with Crippen molar-refractivity contribution in [3.63, 3.8) is 0 Å². The molecule has 2 rings (SSSR count). The van der Waals surface area contributed by atoms with Crippen molar-refractivity contribution in [2.45, 2.75) is 45.0 Å². The zero-order chi connectivity index (χ0) is 13.1. The summed E-state index contributed by atoms with van der Waals surface area (Å²) >= 11 is 0. The first-order valence-corrected chi connectivity index (χ1v) is 6.13. The standard InChI is InChI=1S/C13H18N2O3/c1-8-6-10(7-9(2)17-8)18-13(16)11-4-3-5-12(14)15-11/h3-5,8-10H,6-7H2,1-2H3,(H2,14,15). The smallest absolute Gasteiger partial charge is 0.357 e. The van der Waals surface area contributed by atoms with E-state index in [1.54, 1.807) is 18.2 Å². The molecule has 98 valence electrons. The molecule has 2 heterocycles. The lowest BCUT2D eigenvalue weighted by Crippen LogP contribution is -2.35. The Kier molecular flexibility index (Phi) is 3.81. The normalized spacial score (nSPS) is 27.8. The Hall–Kier alpha value is -1.62. The van der Waals surface area contributed by atoms with Crippen LogP contribution in [0.15, 0.2) is 18.2 Å². The Bertz CT molecular complexity index is 426. The summed E-state index contributed by atoms with van der Waals surface area (Å²) < 4.78 is 11.0. The predicted molar refractivity (Wildman–Crippen MR) is 67.1 cm³/mol. The van der Waals surface area contributed by atoms with E-state index in [2.05, 4.69) is 4.98 Å². The second-order valence-electron chi connectivity index (χ2n) is 4.70. The third-order valence-corrected chi connectivity index (χ3v) is 2.91. The summed E-state index contributed by atoms with van der Waals surface area (Å²) in [4.78, 5) is 15.8. The molecule has 2 unspecified atom stereocenters. The molecule has 5 nitrogen and oxygen atoms in total. The van der Waals surface area contributed by atoms with Crippen molar-refractivity contribution in [3.8, 4) is 0 Å². The summed E-state index contributed by atoms with van der Waals surface area (Å²) in [5.41, 5.74) is 5.79. The Morgan fingerprint density at radius 1 is 1.39 bits per heavy atom. The average molecular weight is 250 g/mol. The van der Waals surface area contributed by atoms with E-state index in [-0.39, 0.29) is 24.0 Å². The first-order chi connectivity index (χ1) is 8.54. The fraction of sp³-hybridized carbons (Fsp3) is 0.538. The molecule has 0 saturated carbocycles. The average Bonchev–Trinajstić information content (AvgIpc) is 2.27. The SMILES string of the molecule is CC1CC(OC(=O)c2cccc(N)n2)CC(C)O1. The molecular weight excluding hydrogens is 232 g/mol. The van der Waals surface area contributed by atoms with Gasteiger partial charge in [0.1, 0.15) is 11.9 Å². The highest BCUT2D eigenvalue weighted by Crippen LogP contribution is 2.22. The van der Waals surface area contributed by atoms with Gasteiger partial charge in [-0.3, -0.25) is 0 Å². The minimum Gasteiger partial charge on any atom is -0.457 e. The van der Waals surface area contributed by atoms with Crippen molar-refractivity contribution in [2.75, 3.05) is 5.73 Å². The maximum Gasteiger partial charge on any atom is 0.357 e. The zero-order valence-electron chi connectivity index (χ0n) is 10.6.